The predicted molar refractivity (Wildman–Crippen MR) is 54.3 cm³/mol. The molecular weight excluding hydrogens is 197 g/mol. The summed E-state index contributed by atoms with van der Waals surface area (Å²) in [6.45, 7) is 0.687. The molecule has 0 radical (unpaired) electrons. The first kappa shape index (κ1) is 11.6. The number of rotatable bonds is 3. The van der Waals surface area contributed by atoms with Gasteiger partial charge in [0.25, 0.3) is 0 Å². The van der Waals surface area contributed by atoms with Gasteiger partial charge < -0.3 is 10.4 Å². The van der Waals surface area contributed by atoms with Crippen LogP contribution < -0.4 is 5.32 Å². The quantitative estimate of drug-likeness (QED) is 0.797. The molecule has 0 bridgehead atoms. The van der Waals surface area contributed by atoms with Crippen molar-refractivity contribution in [2.45, 2.75) is 0 Å². The van der Waals surface area contributed by atoms with Crippen molar-refractivity contribution in [3.05, 3.63) is 29.3 Å². The van der Waals surface area contributed by atoms with E-state index in [2.05, 4.69) is 5.32 Å². The molecule has 0 saturated carbocycles. The van der Waals surface area contributed by atoms with E-state index in [4.69, 9.17) is 16.7 Å². The van der Waals surface area contributed by atoms with Gasteiger partial charge in [-0.25, -0.2) is 0 Å². The van der Waals surface area contributed by atoms with E-state index in [-0.39, 0.29) is 19.0 Å². The van der Waals surface area contributed by atoms with Crippen LogP contribution in [0.1, 0.15) is 0 Å². The van der Waals surface area contributed by atoms with Gasteiger partial charge in [0.15, 0.2) is 0 Å². The van der Waals surface area contributed by atoms with Crippen molar-refractivity contribution in [3.8, 4) is 0 Å². The van der Waals surface area contributed by atoms with Crippen molar-refractivity contribution >= 4 is 29.7 Å². The average Bonchev–Trinajstić information content (AvgIpc) is 2.01. The van der Waals surface area contributed by atoms with E-state index in [1.54, 1.807) is 0 Å². The number of aliphatic hydroxyl groups excluding tert-OH is 1. The molecule has 0 aromatic heterocycles. The fourth-order valence-electron chi connectivity index (χ4n) is 0.799. The summed E-state index contributed by atoms with van der Waals surface area (Å²) in [5.41, 5.74) is 0.937. The molecule has 0 heterocycles. The molecule has 0 aliphatic rings. The zero-order chi connectivity index (χ0) is 8.10. The van der Waals surface area contributed by atoms with Crippen LogP contribution in [0.4, 0.5) is 5.69 Å². The normalized spacial score (nSPS) is 8.83. The monoisotopic (exact) mass is 207 g/mol. The maximum Gasteiger partial charge on any atom is 0.0604 e. The number of halogens is 2. The molecule has 0 fully saturated rings. The van der Waals surface area contributed by atoms with Crippen molar-refractivity contribution in [2.75, 3.05) is 18.5 Å². The molecule has 68 valence electrons. The second-order valence-corrected chi connectivity index (χ2v) is 2.60. The molecule has 0 aliphatic carbocycles. The molecule has 1 rings (SSSR count). The second-order valence-electron chi connectivity index (χ2n) is 2.16. The first-order valence-corrected chi connectivity index (χ1v) is 3.81. The van der Waals surface area contributed by atoms with E-state index in [1.807, 2.05) is 24.3 Å². The first-order valence-electron chi connectivity index (χ1n) is 3.43. The van der Waals surface area contributed by atoms with Gasteiger partial charge in [0.05, 0.1) is 6.61 Å². The fourth-order valence-corrected chi connectivity index (χ4v) is 0.989. The summed E-state index contributed by atoms with van der Waals surface area (Å²) in [6.07, 6.45) is 0. The van der Waals surface area contributed by atoms with Crippen LogP contribution in [0.15, 0.2) is 24.3 Å². The van der Waals surface area contributed by atoms with Gasteiger partial charge in [0.2, 0.25) is 0 Å². The molecule has 0 unspecified atom stereocenters. The van der Waals surface area contributed by atoms with Crippen molar-refractivity contribution < 1.29 is 5.11 Å². The van der Waals surface area contributed by atoms with E-state index in [1.165, 1.54) is 0 Å². The van der Waals surface area contributed by atoms with Crippen LogP contribution in [0.25, 0.3) is 0 Å². The molecule has 1 aromatic rings. The summed E-state index contributed by atoms with van der Waals surface area (Å²) in [6, 6.07) is 7.40. The number of nitrogens with one attached hydrogen (secondary N) is 1. The van der Waals surface area contributed by atoms with Crippen LogP contribution in [-0.2, 0) is 0 Å². The summed E-state index contributed by atoms with van der Waals surface area (Å²) >= 11 is 5.72. The Morgan fingerprint density at radius 1 is 1.42 bits per heavy atom. The smallest absolute Gasteiger partial charge is 0.0604 e. The third-order valence-corrected chi connectivity index (χ3v) is 1.50. The van der Waals surface area contributed by atoms with E-state index in [0.717, 1.165) is 5.69 Å². The van der Waals surface area contributed by atoms with Gasteiger partial charge >= 0.3 is 0 Å². The third kappa shape index (κ3) is 3.81. The highest BCUT2D eigenvalue weighted by atomic mass is 35.5. The minimum atomic E-state index is 0. The summed E-state index contributed by atoms with van der Waals surface area (Å²) in [7, 11) is 0. The van der Waals surface area contributed by atoms with Crippen LogP contribution in [0.2, 0.25) is 5.02 Å². The summed E-state index contributed by atoms with van der Waals surface area (Å²) in [5.74, 6) is 0. The maximum absolute atomic E-state index is 8.50. The van der Waals surface area contributed by atoms with Gasteiger partial charge in [-0.05, 0) is 18.2 Å². The lowest BCUT2D eigenvalue weighted by Crippen LogP contribution is -2.04. The number of aliphatic hydroxyl groups is 1. The molecule has 1 aromatic carbocycles. The molecule has 4 heteroatoms. The third-order valence-electron chi connectivity index (χ3n) is 1.27. The number of anilines is 1. The zero-order valence-electron chi connectivity index (χ0n) is 6.46. The van der Waals surface area contributed by atoms with Crippen molar-refractivity contribution in [3.63, 3.8) is 0 Å². The number of hydrogen-bond donors (Lipinski definition) is 2. The van der Waals surface area contributed by atoms with Crippen LogP contribution in [0.3, 0.4) is 0 Å². The predicted octanol–water partition coefficient (Wildman–Crippen LogP) is 2.17. The van der Waals surface area contributed by atoms with E-state index < -0.39 is 0 Å². The van der Waals surface area contributed by atoms with Crippen LogP contribution in [0.5, 0.6) is 0 Å². The Bertz CT molecular complexity index is 230. The van der Waals surface area contributed by atoms with Gasteiger partial charge in [-0.3, -0.25) is 0 Å². The zero-order valence-corrected chi connectivity index (χ0v) is 8.03. The van der Waals surface area contributed by atoms with Gasteiger partial charge in [-0.2, -0.15) is 0 Å². The molecule has 0 aliphatic heterocycles. The van der Waals surface area contributed by atoms with Crippen LogP contribution >= 0.6 is 24.0 Å². The number of benzene rings is 1. The molecular formula is C8H11Cl2NO. The summed E-state index contributed by atoms with van der Waals surface area (Å²) in [4.78, 5) is 0. The summed E-state index contributed by atoms with van der Waals surface area (Å²) < 4.78 is 0. The van der Waals surface area contributed by atoms with Crippen molar-refractivity contribution in [2.24, 2.45) is 0 Å². The largest absolute Gasteiger partial charge is 0.395 e. The minimum Gasteiger partial charge on any atom is -0.395 e. The molecule has 2 nitrogen and oxygen atoms in total. The van der Waals surface area contributed by atoms with E-state index in [9.17, 15) is 0 Å². The highest BCUT2D eigenvalue weighted by Crippen LogP contribution is 2.14. The highest BCUT2D eigenvalue weighted by Gasteiger charge is 1.90. The van der Waals surface area contributed by atoms with Crippen molar-refractivity contribution in [1.82, 2.24) is 0 Å². The topological polar surface area (TPSA) is 32.3 Å². The number of hydrogen-bond acceptors (Lipinski definition) is 2. The Balaban J connectivity index is 0.00000121. The molecule has 0 saturated heterocycles. The SMILES string of the molecule is Cl.OCCNc1cccc(Cl)c1. The van der Waals surface area contributed by atoms with Crippen LogP contribution in [0, 0.1) is 0 Å². The Morgan fingerprint density at radius 2 is 2.17 bits per heavy atom. The molecule has 12 heavy (non-hydrogen) atoms. The first-order chi connectivity index (χ1) is 5.33. The van der Waals surface area contributed by atoms with Gasteiger partial charge in [-0.1, -0.05) is 17.7 Å². The van der Waals surface area contributed by atoms with Gasteiger partial charge in [0.1, 0.15) is 0 Å². The van der Waals surface area contributed by atoms with E-state index in [0.29, 0.717) is 11.6 Å². The van der Waals surface area contributed by atoms with Crippen LogP contribution in [-0.4, -0.2) is 18.3 Å². The molecule has 0 spiro atoms. The summed E-state index contributed by atoms with van der Waals surface area (Å²) in [5, 5.41) is 12.2. The lowest BCUT2D eigenvalue weighted by Gasteiger charge is -2.02. The van der Waals surface area contributed by atoms with Crippen molar-refractivity contribution in [1.29, 1.82) is 0 Å². The molecule has 0 amide bonds. The fraction of sp³-hybridized carbons (Fsp3) is 0.250. The Kier molecular flexibility index (Phi) is 5.89. The highest BCUT2D eigenvalue weighted by molar-refractivity contribution is 6.30. The Hall–Kier alpha value is -0.440. The standard InChI is InChI=1S/C8H10ClNO.ClH/c9-7-2-1-3-8(6-7)10-4-5-11;/h1-3,6,10-11H,4-5H2;1H. The molecule has 2 N–H and O–H groups in total. The second kappa shape index (κ2) is 6.12. The van der Waals surface area contributed by atoms with E-state index >= 15 is 0 Å². The molecule has 0 atom stereocenters. The lowest BCUT2D eigenvalue weighted by molar-refractivity contribution is 0.311. The maximum atomic E-state index is 8.50. The Morgan fingerprint density at radius 3 is 2.75 bits per heavy atom. The average molecular weight is 208 g/mol. The minimum absolute atomic E-state index is 0. The lowest BCUT2D eigenvalue weighted by atomic mass is 10.3. The van der Waals surface area contributed by atoms with Gasteiger partial charge in [-0.15, -0.1) is 12.4 Å². The van der Waals surface area contributed by atoms with Gasteiger partial charge in [0, 0.05) is 17.3 Å². The Labute approximate surface area is 83.0 Å².